The van der Waals surface area contributed by atoms with E-state index in [9.17, 15) is 0 Å². The first kappa shape index (κ1) is 11.6. The zero-order chi connectivity index (χ0) is 9.78. The van der Waals surface area contributed by atoms with Crippen molar-refractivity contribution in [1.29, 1.82) is 0 Å². The number of rotatable bonds is 2. The minimum absolute atomic E-state index is 0.151. The molecular weight excluding hydrogens is 164 g/mol. The van der Waals surface area contributed by atoms with Gasteiger partial charge in [0.15, 0.2) is 0 Å². The summed E-state index contributed by atoms with van der Waals surface area (Å²) in [7, 11) is 0. The number of hydrogen-bond acceptors (Lipinski definition) is 1. The number of thiol groups is 1. The molecule has 1 heteroatoms. The third kappa shape index (κ3) is 4.45. The van der Waals surface area contributed by atoms with Gasteiger partial charge in [0.1, 0.15) is 0 Å². The lowest BCUT2D eigenvalue weighted by atomic mass is 9.87. The van der Waals surface area contributed by atoms with E-state index < -0.39 is 0 Å². The Labute approximate surface area is 81.5 Å². The molecule has 0 spiro atoms. The van der Waals surface area contributed by atoms with Crippen molar-refractivity contribution < 1.29 is 0 Å². The fourth-order valence-corrected chi connectivity index (χ4v) is 0.607. The lowest BCUT2D eigenvalue weighted by Gasteiger charge is -2.18. The number of hydrogen-bond donors (Lipinski definition) is 1. The molecule has 0 aromatic heterocycles. The molecule has 12 heavy (non-hydrogen) atoms. The van der Waals surface area contributed by atoms with Gasteiger partial charge in [0.05, 0.1) is 0 Å². The standard InChI is InChI=1S/C11H18S/c1-6-10(12)8-7-9(2)11(3,4)5/h6-8,12H,2H2,1,3-5H3/b8-7-,10-6+. The molecule has 0 amide bonds. The van der Waals surface area contributed by atoms with E-state index in [1.165, 1.54) is 0 Å². The van der Waals surface area contributed by atoms with Crippen molar-refractivity contribution in [3.05, 3.63) is 35.3 Å². The van der Waals surface area contributed by atoms with E-state index in [0.29, 0.717) is 0 Å². The molecule has 0 aliphatic carbocycles. The molecule has 0 aromatic rings. The third-order valence-electron chi connectivity index (χ3n) is 1.71. The maximum Gasteiger partial charge on any atom is -0.000268 e. The lowest BCUT2D eigenvalue weighted by molar-refractivity contribution is 0.519. The van der Waals surface area contributed by atoms with Crippen molar-refractivity contribution >= 4 is 12.6 Å². The second kappa shape index (κ2) is 4.56. The summed E-state index contributed by atoms with van der Waals surface area (Å²) in [5, 5.41) is 0. The average molecular weight is 182 g/mol. The summed E-state index contributed by atoms with van der Waals surface area (Å²) in [6, 6.07) is 0. The van der Waals surface area contributed by atoms with Crippen molar-refractivity contribution in [2.75, 3.05) is 0 Å². The molecule has 0 rings (SSSR count). The van der Waals surface area contributed by atoms with E-state index in [-0.39, 0.29) is 5.41 Å². The normalized spacial score (nSPS) is 13.9. The van der Waals surface area contributed by atoms with Crippen LogP contribution in [-0.2, 0) is 0 Å². The van der Waals surface area contributed by atoms with Crippen molar-refractivity contribution in [2.45, 2.75) is 27.7 Å². The second-order valence-electron chi connectivity index (χ2n) is 3.82. The fraction of sp³-hybridized carbons (Fsp3) is 0.455. The van der Waals surface area contributed by atoms with Crippen molar-refractivity contribution in [1.82, 2.24) is 0 Å². The summed E-state index contributed by atoms with van der Waals surface area (Å²) in [5.74, 6) is 0. The van der Waals surface area contributed by atoms with E-state index >= 15 is 0 Å². The van der Waals surface area contributed by atoms with Crippen LogP contribution < -0.4 is 0 Å². The SMILES string of the molecule is C=C(/C=C\C(S)=C/C)C(C)(C)C. The Kier molecular flexibility index (Phi) is 4.40. The maximum absolute atomic E-state index is 4.23. The molecule has 0 aromatic carbocycles. The van der Waals surface area contributed by atoms with Crippen molar-refractivity contribution in [3.8, 4) is 0 Å². The maximum atomic E-state index is 4.23. The monoisotopic (exact) mass is 182 g/mol. The van der Waals surface area contributed by atoms with Crippen LogP contribution in [0.5, 0.6) is 0 Å². The Hall–Kier alpha value is -0.430. The fourth-order valence-electron chi connectivity index (χ4n) is 0.532. The molecule has 0 N–H and O–H groups in total. The van der Waals surface area contributed by atoms with Gasteiger partial charge >= 0.3 is 0 Å². The first-order chi connectivity index (χ1) is 5.38. The van der Waals surface area contributed by atoms with E-state index in [2.05, 4.69) is 40.0 Å². The van der Waals surface area contributed by atoms with Crippen LogP contribution in [-0.4, -0.2) is 0 Å². The summed E-state index contributed by atoms with van der Waals surface area (Å²) in [5.41, 5.74) is 1.27. The molecule has 0 heterocycles. The van der Waals surface area contributed by atoms with Crippen LogP contribution in [0.3, 0.4) is 0 Å². The van der Waals surface area contributed by atoms with Crippen LogP contribution in [0, 0.1) is 5.41 Å². The average Bonchev–Trinajstić information content (AvgIpc) is 1.97. The van der Waals surface area contributed by atoms with Gasteiger partial charge in [-0.2, -0.15) is 0 Å². The molecule has 0 nitrogen and oxygen atoms in total. The Balaban J connectivity index is 4.29. The highest BCUT2D eigenvalue weighted by Crippen LogP contribution is 2.24. The van der Waals surface area contributed by atoms with Crippen LogP contribution >= 0.6 is 12.6 Å². The van der Waals surface area contributed by atoms with Crippen LogP contribution in [0.1, 0.15) is 27.7 Å². The lowest BCUT2D eigenvalue weighted by Crippen LogP contribution is -2.05. The highest BCUT2D eigenvalue weighted by atomic mass is 32.1. The van der Waals surface area contributed by atoms with E-state index in [1.54, 1.807) is 0 Å². The Morgan fingerprint density at radius 2 is 1.75 bits per heavy atom. The first-order valence-corrected chi connectivity index (χ1v) is 4.55. The minimum atomic E-state index is 0.151. The number of allylic oxidation sites excluding steroid dienone is 4. The van der Waals surface area contributed by atoms with Gasteiger partial charge in [0.25, 0.3) is 0 Å². The summed E-state index contributed by atoms with van der Waals surface area (Å²) >= 11 is 4.23. The largest absolute Gasteiger partial charge is 0.144 e. The van der Waals surface area contributed by atoms with Gasteiger partial charge in [-0.1, -0.05) is 39.5 Å². The van der Waals surface area contributed by atoms with Crippen LogP contribution in [0.4, 0.5) is 0 Å². The predicted octanol–water partition coefficient (Wildman–Crippen LogP) is 3.98. The van der Waals surface area contributed by atoms with Gasteiger partial charge in [-0.15, -0.1) is 12.6 Å². The van der Waals surface area contributed by atoms with Crippen LogP contribution in [0.25, 0.3) is 0 Å². The van der Waals surface area contributed by atoms with Crippen LogP contribution in [0.15, 0.2) is 35.3 Å². The van der Waals surface area contributed by atoms with Gasteiger partial charge in [-0.05, 0) is 28.9 Å². The zero-order valence-corrected chi connectivity index (χ0v) is 9.28. The third-order valence-corrected chi connectivity index (χ3v) is 2.12. The quantitative estimate of drug-likeness (QED) is 0.484. The van der Waals surface area contributed by atoms with E-state index in [0.717, 1.165) is 10.5 Å². The molecular formula is C11H18S. The highest BCUT2D eigenvalue weighted by molar-refractivity contribution is 7.84. The van der Waals surface area contributed by atoms with Gasteiger partial charge < -0.3 is 0 Å². The minimum Gasteiger partial charge on any atom is -0.144 e. The van der Waals surface area contributed by atoms with Gasteiger partial charge in [-0.3, -0.25) is 0 Å². The predicted molar refractivity (Wildman–Crippen MR) is 60.5 cm³/mol. The second-order valence-corrected chi connectivity index (χ2v) is 4.34. The summed E-state index contributed by atoms with van der Waals surface area (Å²) < 4.78 is 0. The molecule has 0 aliphatic heterocycles. The highest BCUT2D eigenvalue weighted by Gasteiger charge is 2.11. The smallest absolute Gasteiger partial charge is 0.000268 e. The zero-order valence-electron chi connectivity index (χ0n) is 8.39. The molecule has 0 atom stereocenters. The molecule has 0 unspecified atom stereocenters. The van der Waals surface area contributed by atoms with E-state index in [1.807, 2.05) is 25.2 Å². The molecule has 0 radical (unpaired) electrons. The Morgan fingerprint density at radius 1 is 1.25 bits per heavy atom. The van der Waals surface area contributed by atoms with E-state index in [4.69, 9.17) is 0 Å². The molecule has 68 valence electrons. The Bertz CT molecular complexity index is 214. The Morgan fingerprint density at radius 3 is 2.08 bits per heavy atom. The van der Waals surface area contributed by atoms with Gasteiger partial charge in [-0.25, -0.2) is 0 Å². The van der Waals surface area contributed by atoms with Crippen molar-refractivity contribution in [2.24, 2.45) is 5.41 Å². The van der Waals surface area contributed by atoms with Gasteiger partial charge in [0, 0.05) is 0 Å². The molecule has 0 aliphatic rings. The molecule has 0 bridgehead atoms. The van der Waals surface area contributed by atoms with Gasteiger partial charge in [0.2, 0.25) is 0 Å². The molecule has 0 saturated carbocycles. The summed E-state index contributed by atoms with van der Waals surface area (Å²) in [6.07, 6.45) is 5.94. The molecule has 0 saturated heterocycles. The summed E-state index contributed by atoms with van der Waals surface area (Å²) in [6.45, 7) is 12.4. The first-order valence-electron chi connectivity index (χ1n) is 4.10. The topological polar surface area (TPSA) is 0 Å². The van der Waals surface area contributed by atoms with Crippen molar-refractivity contribution in [3.63, 3.8) is 0 Å². The summed E-state index contributed by atoms with van der Waals surface area (Å²) in [4.78, 5) is 0.973. The molecule has 0 fully saturated rings. The van der Waals surface area contributed by atoms with Crippen LogP contribution in [0.2, 0.25) is 0 Å².